The van der Waals surface area contributed by atoms with Crippen molar-refractivity contribution in [3.63, 3.8) is 0 Å². The van der Waals surface area contributed by atoms with E-state index in [2.05, 4.69) is 20.9 Å². The summed E-state index contributed by atoms with van der Waals surface area (Å²) in [6.07, 6.45) is 3.15. The number of H-pyrrole nitrogens is 1. The van der Waals surface area contributed by atoms with Crippen molar-refractivity contribution in [2.75, 3.05) is 0 Å². The molecule has 1 N–H and O–H groups in total. The maximum atomic E-state index is 14.2. The van der Waals surface area contributed by atoms with Crippen LogP contribution in [-0.4, -0.2) is 9.55 Å². The first-order valence-electron chi connectivity index (χ1n) is 6.14. The van der Waals surface area contributed by atoms with E-state index < -0.39 is 5.82 Å². The van der Waals surface area contributed by atoms with Gasteiger partial charge in [0, 0.05) is 39.4 Å². The lowest BCUT2D eigenvalue weighted by atomic mass is 10.1. The van der Waals surface area contributed by atoms with Gasteiger partial charge < -0.3 is 9.55 Å². The van der Waals surface area contributed by atoms with E-state index >= 15 is 0 Å². The van der Waals surface area contributed by atoms with Crippen LogP contribution in [0.4, 0.5) is 4.39 Å². The van der Waals surface area contributed by atoms with Crippen molar-refractivity contribution in [3.8, 4) is 6.07 Å². The molecular weight excluding hydrogens is 337 g/mol. The van der Waals surface area contributed by atoms with Gasteiger partial charge in [0.15, 0.2) is 0 Å². The highest BCUT2D eigenvalue weighted by atomic mass is 79.9. The van der Waals surface area contributed by atoms with Crippen LogP contribution in [0.5, 0.6) is 0 Å². The number of aromatic nitrogens is 2. The van der Waals surface area contributed by atoms with Gasteiger partial charge in [-0.25, -0.2) is 4.39 Å². The smallest absolute Gasteiger partial charge is 0.250 e. The molecule has 104 valence electrons. The number of fused-ring (bicyclic) bond motifs is 1. The van der Waals surface area contributed by atoms with Crippen molar-refractivity contribution in [3.05, 3.63) is 68.4 Å². The summed E-state index contributed by atoms with van der Waals surface area (Å²) in [6.45, 7) is 0.0574. The number of aromatic amines is 1. The third kappa shape index (κ3) is 2.36. The SMILES string of the molecule is N#Cc1ccc(=O)n(Cc2c(F)cc3[nH]ccc3c2Br)c1. The molecule has 0 saturated carbocycles. The molecule has 0 saturated heterocycles. The maximum Gasteiger partial charge on any atom is 0.250 e. The van der Waals surface area contributed by atoms with E-state index in [9.17, 15) is 9.18 Å². The van der Waals surface area contributed by atoms with Crippen molar-refractivity contribution in [1.82, 2.24) is 9.55 Å². The first-order chi connectivity index (χ1) is 10.1. The quantitative estimate of drug-likeness (QED) is 0.775. The standard InChI is InChI=1S/C15H9BrFN3O/c16-15-10-3-4-19-13(10)5-12(17)11(15)8-20-7-9(6-18)1-2-14(20)21/h1-5,7,19H,8H2. The number of nitriles is 1. The zero-order chi connectivity index (χ0) is 15.0. The highest BCUT2D eigenvalue weighted by molar-refractivity contribution is 9.10. The molecule has 0 aliphatic carbocycles. The zero-order valence-electron chi connectivity index (χ0n) is 10.7. The summed E-state index contributed by atoms with van der Waals surface area (Å²) < 4.78 is 16.2. The molecule has 0 unspecified atom stereocenters. The Morgan fingerprint density at radius 2 is 2.19 bits per heavy atom. The molecule has 1 aromatic carbocycles. The van der Waals surface area contributed by atoms with Crippen LogP contribution in [0.1, 0.15) is 11.1 Å². The second-order valence-electron chi connectivity index (χ2n) is 4.59. The van der Waals surface area contributed by atoms with Gasteiger partial charge in [0.2, 0.25) is 0 Å². The summed E-state index contributed by atoms with van der Waals surface area (Å²) >= 11 is 3.39. The molecular formula is C15H9BrFN3O. The van der Waals surface area contributed by atoms with E-state index in [0.717, 1.165) is 5.39 Å². The van der Waals surface area contributed by atoms with Gasteiger partial charge in [0.25, 0.3) is 5.56 Å². The van der Waals surface area contributed by atoms with Crippen molar-refractivity contribution < 1.29 is 4.39 Å². The van der Waals surface area contributed by atoms with E-state index in [1.807, 2.05) is 12.1 Å². The lowest BCUT2D eigenvalue weighted by Crippen LogP contribution is -2.20. The molecule has 4 nitrogen and oxygen atoms in total. The van der Waals surface area contributed by atoms with Crippen LogP contribution in [0.3, 0.4) is 0 Å². The van der Waals surface area contributed by atoms with E-state index in [0.29, 0.717) is 21.1 Å². The average molecular weight is 346 g/mol. The molecule has 0 fully saturated rings. The topological polar surface area (TPSA) is 61.6 Å². The van der Waals surface area contributed by atoms with Crippen molar-refractivity contribution in [2.24, 2.45) is 0 Å². The lowest BCUT2D eigenvalue weighted by Gasteiger charge is -2.10. The minimum Gasteiger partial charge on any atom is -0.361 e. The Kier molecular flexibility index (Phi) is 3.35. The summed E-state index contributed by atoms with van der Waals surface area (Å²) in [6, 6.07) is 7.94. The van der Waals surface area contributed by atoms with E-state index in [-0.39, 0.29) is 12.1 Å². The monoisotopic (exact) mass is 345 g/mol. The number of pyridine rings is 1. The molecule has 0 aliphatic rings. The highest BCUT2D eigenvalue weighted by Crippen LogP contribution is 2.30. The number of hydrogen-bond acceptors (Lipinski definition) is 2. The van der Waals surface area contributed by atoms with Crippen LogP contribution in [0.25, 0.3) is 10.9 Å². The first kappa shape index (κ1) is 13.6. The van der Waals surface area contributed by atoms with E-state index in [4.69, 9.17) is 5.26 Å². The molecule has 0 bridgehead atoms. The average Bonchev–Trinajstić information content (AvgIpc) is 2.93. The Morgan fingerprint density at radius 3 is 2.95 bits per heavy atom. The van der Waals surface area contributed by atoms with Gasteiger partial charge >= 0.3 is 0 Å². The number of nitrogens with one attached hydrogen (secondary N) is 1. The number of benzene rings is 1. The molecule has 0 spiro atoms. The van der Waals surface area contributed by atoms with E-state index in [1.54, 1.807) is 6.20 Å². The van der Waals surface area contributed by atoms with E-state index in [1.165, 1.54) is 29.0 Å². The molecule has 2 heterocycles. The Bertz CT molecular complexity index is 936. The molecule has 0 aliphatic heterocycles. The Hall–Kier alpha value is -2.39. The summed E-state index contributed by atoms with van der Waals surface area (Å²) in [5, 5.41) is 9.73. The van der Waals surface area contributed by atoms with Crippen LogP contribution >= 0.6 is 15.9 Å². The molecule has 0 radical (unpaired) electrons. The summed E-state index contributed by atoms with van der Waals surface area (Å²) in [7, 11) is 0. The molecule has 3 rings (SSSR count). The Labute approximate surface area is 127 Å². The van der Waals surface area contributed by atoms with Crippen molar-refractivity contribution in [2.45, 2.75) is 6.54 Å². The van der Waals surface area contributed by atoms with Gasteiger partial charge in [-0.05, 0) is 34.1 Å². The Balaban J connectivity index is 2.14. The Morgan fingerprint density at radius 1 is 1.38 bits per heavy atom. The minimum absolute atomic E-state index is 0.0574. The molecule has 21 heavy (non-hydrogen) atoms. The summed E-state index contributed by atoms with van der Waals surface area (Å²) in [5.41, 5.74) is 1.13. The van der Waals surface area contributed by atoms with Crippen molar-refractivity contribution in [1.29, 1.82) is 5.26 Å². The molecule has 0 atom stereocenters. The normalized spacial score (nSPS) is 10.7. The highest BCUT2D eigenvalue weighted by Gasteiger charge is 2.13. The maximum absolute atomic E-state index is 14.2. The predicted octanol–water partition coefficient (Wildman–Crippen LogP) is 3.15. The fourth-order valence-corrected chi connectivity index (χ4v) is 2.87. The van der Waals surface area contributed by atoms with Crippen molar-refractivity contribution >= 4 is 26.8 Å². The minimum atomic E-state index is -0.411. The van der Waals surface area contributed by atoms with Crippen LogP contribution in [0, 0.1) is 17.1 Å². The first-order valence-corrected chi connectivity index (χ1v) is 6.94. The van der Waals surface area contributed by atoms with Gasteiger partial charge in [-0.1, -0.05) is 0 Å². The summed E-state index contributed by atoms with van der Waals surface area (Å²) in [4.78, 5) is 14.8. The second-order valence-corrected chi connectivity index (χ2v) is 5.38. The molecule has 6 heteroatoms. The second kappa shape index (κ2) is 5.19. The molecule has 0 amide bonds. The van der Waals surface area contributed by atoms with Crippen LogP contribution in [0.15, 0.2) is 45.9 Å². The third-order valence-electron chi connectivity index (χ3n) is 3.28. The largest absolute Gasteiger partial charge is 0.361 e. The van der Waals surface area contributed by atoms with Crippen LogP contribution < -0.4 is 5.56 Å². The van der Waals surface area contributed by atoms with Crippen LogP contribution in [0.2, 0.25) is 0 Å². The zero-order valence-corrected chi connectivity index (χ0v) is 12.3. The van der Waals surface area contributed by atoms with Gasteiger partial charge in [-0.2, -0.15) is 5.26 Å². The van der Waals surface area contributed by atoms with Gasteiger partial charge in [0.05, 0.1) is 12.1 Å². The predicted molar refractivity (Wildman–Crippen MR) is 80.5 cm³/mol. The fourth-order valence-electron chi connectivity index (χ4n) is 2.21. The van der Waals surface area contributed by atoms with Gasteiger partial charge in [-0.15, -0.1) is 0 Å². The van der Waals surface area contributed by atoms with Crippen LogP contribution in [-0.2, 0) is 6.54 Å². The number of nitrogens with zero attached hydrogens (tertiary/aromatic N) is 2. The molecule has 2 aromatic heterocycles. The van der Waals surface area contributed by atoms with Gasteiger partial charge in [0.1, 0.15) is 11.9 Å². The molecule has 3 aromatic rings. The van der Waals surface area contributed by atoms with Gasteiger partial charge in [-0.3, -0.25) is 4.79 Å². The number of rotatable bonds is 2. The number of hydrogen-bond donors (Lipinski definition) is 1. The fraction of sp³-hybridized carbons (Fsp3) is 0.0667. The number of halogens is 2. The third-order valence-corrected chi connectivity index (χ3v) is 4.19. The lowest BCUT2D eigenvalue weighted by molar-refractivity contribution is 0.596. The summed E-state index contributed by atoms with van der Waals surface area (Å²) in [5.74, 6) is -0.411.